The van der Waals surface area contributed by atoms with Gasteiger partial charge >= 0.3 is 5.97 Å². The van der Waals surface area contributed by atoms with Crippen molar-refractivity contribution in [1.29, 1.82) is 5.26 Å². The SMILES string of the molecule is CCCC(CCNc1cccc(Cl)c1C#N)CCC(=O)O. The van der Waals surface area contributed by atoms with Crippen LogP contribution in [0.25, 0.3) is 0 Å². The quantitative estimate of drug-likeness (QED) is 0.713. The van der Waals surface area contributed by atoms with Crippen LogP contribution in [0, 0.1) is 17.2 Å². The maximum Gasteiger partial charge on any atom is 0.303 e. The van der Waals surface area contributed by atoms with Crippen molar-refractivity contribution in [2.24, 2.45) is 5.92 Å². The van der Waals surface area contributed by atoms with Crippen molar-refractivity contribution in [3.63, 3.8) is 0 Å². The Kier molecular flexibility index (Phi) is 7.63. The summed E-state index contributed by atoms with van der Waals surface area (Å²) in [4.78, 5) is 10.7. The lowest BCUT2D eigenvalue weighted by Gasteiger charge is -2.16. The molecular formula is C16H21ClN2O2. The van der Waals surface area contributed by atoms with Gasteiger partial charge in [-0.2, -0.15) is 5.26 Å². The molecule has 0 fully saturated rings. The number of benzene rings is 1. The summed E-state index contributed by atoms with van der Waals surface area (Å²) in [7, 11) is 0. The van der Waals surface area contributed by atoms with Gasteiger partial charge in [-0.1, -0.05) is 37.4 Å². The Morgan fingerprint density at radius 2 is 2.19 bits per heavy atom. The molecule has 0 spiro atoms. The van der Waals surface area contributed by atoms with Crippen LogP contribution >= 0.6 is 11.6 Å². The molecule has 1 aromatic carbocycles. The zero-order chi connectivity index (χ0) is 15.7. The van der Waals surface area contributed by atoms with Gasteiger partial charge < -0.3 is 10.4 Å². The average Bonchev–Trinajstić information content (AvgIpc) is 2.45. The van der Waals surface area contributed by atoms with E-state index in [2.05, 4.69) is 18.3 Å². The van der Waals surface area contributed by atoms with Gasteiger partial charge in [-0.25, -0.2) is 0 Å². The zero-order valence-corrected chi connectivity index (χ0v) is 13.0. The van der Waals surface area contributed by atoms with Crippen molar-refractivity contribution in [3.8, 4) is 6.07 Å². The summed E-state index contributed by atoms with van der Waals surface area (Å²) >= 11 is 5.98. The van der Waals surface area contributed by atoms with E-state index >= 15 is 0 Å². The number of hydrogen-bond donors (Lipinski definition) is 2. The largest absolute Gasteiger partial charge is 0.481 e. The molecule has 0 saturated heterocycles. The molecular weight excluding hydrogens is 288 g/mol. The molecule has 0 aliphatic carbocycles. The molecule has 21 heavy (non-hydrogen) atoms. The fraction of sp³-hybridized carbons (Fsp3) is 0.500. The topological polar surface area (TPSA) is 73.1 Å². The lowest BCUT2D eigenvalue weighted by molar-refractivity contribution is -0.137. The average molecular weight is 309 g/mol. The van der Waals surface area contributed by atoms with Crippen LogP contribution in [0.2, 0.25) is 5.02 Å². The Morgan fingerprint density at radius 1 is 1.43 bits per heavy atom. The van der Waals surface area contributed by atoms with E-state index in [4.69, 9.17) is 22.0 Å². The monoisotopic (exact) mass is 308 g/mol. The Labute approximate surface area is 130 Å². The number of carboxylic acid groups (broad SMARTS) is 1. The minimum absolute atomic E-state index is 0.214. The fourth-order valence-electron chi connectivity index (χ4n) is 2.36. The first-order valence-corrected chi connectivity index (χ1v) is 7.60. The summed E-state index contributed by atoms with van der Waals surface area (Å²) in [6.07, 6.45) is 3.87. The van der Waals surface area contributed by atoms with Crippen LogP contribution in [0.3, 0.4) is 0 Å². The van der Waals surface area contributed by atoms with Crippen molar-refractivity contribution in [2.45, 2.75) is 39.0 Å². The molecule has 0 amide bonds. The van der Waals surface area contributed by atoms with Gasteiger partial charge in [0.1, 0.15) is 6.07 Å². The molecule has 1 aromatic rings. The van der Waals surface area contributed by atoms with Crippen LogP contribution in [0.15, 0.2) is 18.2 Å². The summed E-state index contributed by atoms with van der Waals surface area (Å²) in [6, 6.07) is 7.42. The smallest absolute Gasteiger partial charge is 0.303 e. The second kappa shape index (κ2) is 9.25. The predicted octanol–water partition coefficient (Wildman–Crippen LogP) is 4.29. The molecule has 5 heteroatoms. The maximum absolute atomic E-state index is 10.7. The summed E-state index contributed by atoms with van der Waals surface area (Å²) in [5.41, 5.74) is 1.19. The molecule has 2 N–H and O–H groups in total. The van der Waals surface area contributed by atoms with Crippen LogP contribution in [0.1, 0.15) is 44.6 Å². The second-order valence-electron chi connectivity index (χ2n) is 5.08. The summed E-state index contributed by atoms with van der Waals surface area (Å²) in [5.74, 6) is -0.353. The lowest BCUT2D eigenvalue weighted by atomic mass is 9.94. The number of rotatable bonds is 9. The van der Waals surface area contributed by atoms with Gasteiger partial charge in [-0.05, 0) is 30.9 Å². The lowest BCUT2D eigenvalue weighted by Crippen LogP contribution is -2.11. The van der Waals surface area contributed by atoms with Gasteiger partial charge in [0.05, 0.1) is 16.3 Å². The van der Waals surface area contributed by atoms with Crippen LogP contribution in [-0.4, -0.2) is 17.6 Å². The first-order valence-electron chi connectivity index (χ1n) is 7.22. The number of carboxylic acids is 1. The fourth-order valence-corrected chi connectivity index (χ4v) is 2.58. The molecule has 0 aliphatic rings. The molecule has 114 valence electrons. The van der Waals surface area contributed by atoms with Crippen LogP contribution < -0.4 is 5.32 Å². The standard InChI is InChI=1S/C16H21ClN2O2/c1-2-4-12(7-8-16(20)21)9-10-19-15-6-3-5-14(17)13(15)11-18/h3,5-6,12,19H,2,4,7-10H2,1H3,(H,20,21). The highest BCUT2D eigenvalue weighted by molar-refractivity contribution is 6.32. The van der Waals surface area contributed by atoms with Crippen LogP contribution in [-0.2, 0) is 4.79 Å². The van der Waals surface area contributed by atoms with E-state index in [0.717, 1.165) is 24.9 Å². The number of anilines is 1. The third-order valence-electron chi connectivity index (χ3n) is 3.46. The van der Waals surface area contributed by atoms with E-state index < -0.39 is 5.97 Å². The first kappa shape index (κ1) is 17.3. The highest BCUT2D eigenvalue weighted by Crippen LogP contribution is 2.24. The molecule has 0 heterocycles. The van der Waals surface area contributed by atoms with Crippen molar-refractivity contribution in [2.75, 3.05) is 11.9 Å². The molecule has 0 aliphatic heterocycles. The third-order valence-corrected chi connectivity index (χ3v) is 3.77. The van der Waals surface area contributed by atoms with Crippen molar-refractivity contribution < 1.29 is 9.90 Å². The molecule has 0 aromatic heterocycles. The van der Waals surface area contributed by atoms with Gasteiger partial charge in [0.15, 0.2) is 0 Å². The summed E-state index contributed by atoms with van der Waals surface area (Å²) < 4.78 is 0. The number of nitriles is 1. The van der Waals surface area contributed by atoms with Crippen molar-refractivity contribution in [3.05, 3.63) is 28.8 Å². The number of nitrogens with zero attached hydrogens (tertiary/aromatic N) is 1. The summed E-state index contributed by atoms with van der Waals surface area (Å²) in [5, 5.41) is 21.5. The van der Waals surface area contributed by atoms with E-state index in [-0.39, 0.29) is 6.42 Å². The Balaban J connectivity index is 2.52. The van der Waals surface area contributed by atoms with Crippen LogP contribution in [0.5, 0.6) is 0 Å². The Bertz CT molecular complexity index is 511. The van der Waals surface area contributed by atoms with E-state index in [1.54, 1.807) is 12.1 Å². The molecule has 0 radical (unpaired) electrons. The van der Waals surface area contributed by atoms with E-state index in [0.29, 0.717) is 29.5 Å². The number of halogens is 1. The Hall–Kier alpha value is -1.73. The molecule has 1 rings (SSSR count). The maximum atomic E-state index is 10.7. The van der Waals surface area contributed by atoms with E-state index in [1.165, 1.54) is 0 Å². The van der Waals surface area contributed by atoms with E-state index in [1.807, 2.05) is 6.07 Å². The minimum atomic E-state index is -0.745. The molecule has 4 nitrogen and oxygen atoms in total. The van der Waals surface area contributed by atoms with E-state index in [9.17, 15) is 4.79 Å². The van der Waals surface area contributed by atoms with Gasteiger partial charge in [0.25, 0.3) is 0 Å². The third kappa shape index (κ3) is 6.05. The van der Waals surface area contributed by atoms with Gasteiger partial charge in [0, 0.05) is 13.0 Å². The molecule has 1 unspecified atom stereocenters. The number of hydrogen-bond acceptors (Lipinski definition) is 3. The predicted molar refractivity (Wildman–Crippen MR) is 84.5 cm³/mol. The Morgan fingerprint density at radius 3 is 2.81 bits per heavy atom. The van der Waals surface area contributed by atoms with Crippen LogP contribution in [0.4, 0.5) is 5.69 Å². The van der Waals surface area contributed by atoms with Crippen molar-refractivity contribution in [1.82, 2.24) is 0 Å². The normalized spacial score (nSPS) is 11.7. The molecule has 0 saturated carbocycles. The number of nitrogens with one attached hydrogen (secondary N) is 1. The highest BCUT2D eigenvalue weighted by atomic mass is 35.5. The number of aliphatic carboxylic acids is 1. The molecule has 1 atom stereocenters. The zero-order valence-electron chi connectivity index (χ0n) is 12.2. The summed E-state index contributed by atoms with van der Waals surface area (Å²) in [6.45, 7) is 2.81. The second-order valence-corrected chi connectivity index (χ2v) is 5.48. The van der Waals surface area contributed by atoms with Crippen molar-refractivity contribution >= 4 is 23.3 Å². The highest BCUT2D eigenvalue weighted by Gasteiger charge is 2.11. The number of carbonyl (C=O) groups is 1. The first-order chi connectivity index (χ1) is 10.1. The van der Waals surface area contributed by atoms with Gasteiger partial charge in [0.2, 0.25) is 0 Å². The van der Waals surface area contributed by atoms with Gasteiger partial charge in [-0.15, -0.1) is 0 Å². The molecule has 0 bridgehead atoms. The van der Waals surface area contributed by atoms with Gasteiger partial charge in [-0.3, -0.25) is 4.79 Å². The minimum Gasteiger partial charge on any atom is -0.481 e.